The molecule has 2 heterocycles. The van der Waals surface area contributed by atoms with Crippen molar-refractivity contribution in [1.82, 2.24) is 19.7 Å². The number of hydrogen-bond acceptors (Lipinski definition) is 3. The van der Waals surface area contributed by atoms with Crippen molar-refractivity contribution in [2.75, 3.05) is 0 Å². The lowest BCUT2D eigenvalue weighted by Crippen LogP contribution is -1.95. The van der Waals surface area contributed by atoms with Crippen molar-refractivity contribution in [3.8, 4) is 5.69 Å². The predicted molar refractivity (Wildman–Crippen MR) is 64.4 cm³/mol. The second-order valence-electron chi connectivity index (χ2n) is 3.37. The van der Waals surface area contributed by atoms with Gasteiger partial charge < -0.3 is 0 Å². The molecule has 0 bridgehead atoms. The largest absolute Gasteiger partial charge is 0.243 e. The highest BCUT2D eigenvalue weighted by atomic mass is 79.9. The zero-order valence-corrected chi connectivity index (χ0v) is 9.79. The molecule has 0 spiro atoms. The van der Waals surface area contributed by atoms with Gasteiger partial charge in [0.15, 0.2) is 0 Å². The van der Waals surface area contributed by atoms with E-state index in [-0.39, 0.29) is 0 Å². The Morgan fingerprint density at radius 3 is 2.75 bits per heavy atom. The molecule has 0 unspecified atom stereocenters. The summed E-state index contributed by atoms with van der Waals surface area (Å²) in [6.45, 7) is 0. The highest BCUT2D eigenvalue weighted by Crippen LogP contribution is 2.19. The Hall–Kier alpha value is -1.75. The van der Waals surface area contributed by atoms with Gasteiger partial charge in [0.05, 0.1) is 17.9 Å². The average molecular weight is 275 g/mol. The molecule has 0 saturated heterocycles. The van der Waals surface area contributed by atoms with Gasteiger partial charge in [-0.15, -0.1) is 0 Å². The molecule has 3 aromatic rings. The Balaban J connectivity index is 2.19. The third kappa shape index (κ3) is 1.59. The standard InChI is InChI=1S/C11H7BrN4/c12-9-1-2-11-8(3-9)6-16(15-11)10-4-13-7-14-5-10/h1-7H. The van der Waals surface area contributed by atoms with Crippen LogP contribution in [-0.4, -0.2) is 19.7 Å². The van der Waals surface area contributed by atoms with Crippen LogP contribution in [0.5, 0.6) is 0 Å². The van der Waals surface area contributed by atoms with Crippen molar-refractivity contribution in [2.24, 2.45) is 0 Å². The number of rotatable bonds is 1. The number of fused-ring (bicyclic) bond motifs is 1. The molecule has 0 amide bonds. The first-order valence-corrected chi connectivity index (χ1v) is 5.52. The fourth-order valence-corrected chi connectivity index (χ4v) is 1.92. The van der Waals surface area contributed by atoms with Gasteiger partial charge in [-0.2, -0.15) is 5.10 Å². The minimum absolute atomic E-state index is 0.856. The molecule has 0 radical (unpaired) electrons. The molecule has 2 aromatic heterocycles. The van der Waals surface area contributed by atoms with Gasteiger partial charge in [-0.1, -0.05) is 15.9 Å². The Morgan fingerprint density at radius 1 is 1.12 bits per heavy atom. The van der Waals surface area contributed by atoms with Crippen LogP contribution in [0.3, 0.4) is 0 Å². The van der Waals surface area contributed by atoms with Gasteiger partial charge in [0.2, 0.25) is 0 Å². The summed E-state index contributed by atoms with van der Waals surface area (Å²) in [4.78, 5) is 7.94. The fraction of sp³-hybridized carbons (Fsp3) is 0. The second-order valence-corrected chi connectivity index (χ2v) is 4.29. The van der Waals surface area contributed by atoms with E-state index in [2.05, 4.69) is 31.0 Å². The Morgan fingerprint density at radius 2 is 1.94 bits per heavy atom. The molecule has 0 saturated carbocycles. The van der Waals surface area contributed by atoms with Gasteiger partial charge in [0, 0.05) is 16.1 Å². The Kier molecular flexibility index (Phi) is 2.18. The van der Waals surface area contributed by atoms with Crippen LogP contribution in [0.2, 0.25) is 0 Å². The maximum atomic E-state index is 4.44. The molecule has 4 nitrogen and oxygen atoms in total. The zero-order chi connectivity index (χ0) is 11.0. The van der Waals surface area contributed by atoms with Crippen molar-refractivity contribution in [3.05, 3.63) is 47.6 Å². The SMILES string of the molecule is Brc1ccc2nn(-c3cncnc3)cc2c1. The second kappa shape index (κ2) is 3.68. The minimum Gasteiger partial charge on any atom is -0.243 e. The van der Waals surface area contributed by atoms with Crippen LogP contribution in [0, 0.1) is 0 Å². The average Bonchev–Trinajstić information content (AvgIpc) is 2.73. The Labute approximate surface area is 100 Å². The van der Waals surface area contributed by atoms with E-state index in [1.54, 1.807) is 17.1 Å². The maximum absolute atomic E-state index is 4.44. The lowest BCUT2D eigenvalue weighted by atomic mass is 10.3. The number of benzene rings is 1. The molecule has 16 heavy (non-hydrogen) atoms. The summed E-state index contributed by atoms with van der Waals surface area (Å²) >= 11 is 3.44. The first kappa shape index (κ1) is 9.47. The number of aromatic nitrogens is 4. The van der Waals surface area contributed by atoms with E-state index in [1.807, 2.05) is 24.4 Å². The molecule has 0 atom stereocenters. The van der Waals surface area contributed by atoms with Crippen LogP contribution >= 0.6 is 15.9 Å². The van der Waals surface area contributed by atoms with E-state index >= 15 is 0 Å². The van der Waals surface area contributed by atoms with Gasteiger partial charge >= 0.3 is 0 Å². The van der Waals surface area contributed by atoms with Crippen LogP contribution in [0.15, 0.2) is 47.6 Å². The van der Waals surface area contributed by atoms with Crippen LogP contribution in [-0.2, 0) is 0 Å². The summed E-state index contributed by atoms with van der Waals surface area (Å²) in [5, 5.41) is 5.52. The van der Waals surface area contributed by atoms with Crippen molar-refractivity contribution in [1.29, 1.82) is 0 Å². The Bertz CT molecular complexity index is 633. The first-order valence-electron chi connectivity index (χ1n) is 4.73. The molecule has 1 aromatic carbocycles. The maximum Gasteiger partial charge on any atom is 0.115 e. The number of nitrogens with zero attached hydrogens (tertiary/aromatic N) is 4. The van der Waals surface area contributed by atoms with E-state index in [4.69, 9.17) is 0 Å². The number of hydrogen-bond donors (Lipinski definition) is 0. The molecule has 5 heteroatoms. The van der Waals surface area contributed by atoms with E-state index in [9.17, 15) is 0 Å². The zero-order valence-electron chi connectivity index (χ0n) is 8.21. The summed E-state index contributed by atoms with van der Waals surface area (Å²) in [6, 6.07) is 5.98. The quantitative estimate of drug-likeness (QED) is 0.685. The van der Waals surface area contributed by atoms with Gasteiger partial charge in [-0.05, 0) is 18.2 Å². The lowest BCUT2D eigenvalue weighted by molar-refractivity contribution is 0.877. The summed E-state index contributed by atoms with van der Waals surface area (Å²) in [6.07, 6.45) is 6.92. The number of halogens is 1. The smallest absolute Gasteiger partial charge is 0.115 e. The van der Waals surface area contributed by atoms with Gasteiger partial charge in [-0.3, -0.25) is 0 Å². The van der Waals surface area contributed by atoms with Crippen molar-refractivity contribution >= 4 is 26.8 Å². The third-order valence-corrected chi connectivity index (χ3v) is 2.77. The topological polar surface area (TPSA) is 43.6 Å². The van der Waals surface area contributed by atoms with Crippen molar-refractivity contribution < 1.29 is 0 Å². The van der Waals surface area contributed by atoms with Crippen molar-refractivity contribution in [3.63, 3.8) is 0 Å². The van der Waals surface area contributed by atoms with E-state index in [1.165, 1.54) is 6.33 Å². The van der Waals surface area contributed by atoms with Crippen LogP contribution < -0.4 is 0 Å². The fourth-order valence-electron chi connectivity index (χ4n) is 1.54. The van der Waals surface area contributed by atoms with E-state index in [0.717, 1.165) is 21.1 Å². The predicted octanol–water partition coefficient (Wildman–Crippen LogP) is 2.58. The molecular weight excluding hydrogens is 268 g/mol. The van der Waals surface area contributed by atoms with Crippen molar-refractivity contribution in [2.45, 2.75) is 0 Å². The molecule has 0 aliphatic heterocycles. The summed E-state index contributed by atoms with van der Waals surface area (Å²) in [5.74, 6) is 0. The molecule has 0 aliphatic carbocycles. The highest BCUT2D eigenvalue weighted by molar-refractivity contribution is 9.10. The minimum atomic E-state index is 0.856. The third-order valence-electron chi connectivity index (χ3n) is 2.28. The van der Waals surface area contributed by atoms with E-state index < -0.39 is 0 Å². The summed E-state index contributed by atoms with van der Waals surface area (Å²) in [7, 11) is 0. The van der Waals surface area contributed by atoms with Crippen LogP contribution in [0.4, 0.5) is 0 Å². The van der Waals surface area contributed by atoms with Gasteiger partial charge in [0.1, 0.15) is 12.0 Å². The summed E-state index contributed by atoms with van der Waals surface area (Å²) < 4.78 is 2.82. The molecule has 0 fully saturated rings. The normalized spacial score (nSPS) is 10.8. The van der Waals surface area contributed by atoms with Gasteiger partial charge in [-0.25, -0.2) is 14.6 Å². The molecular formula is C11H7BrN4. The summed E-state index contributed by atoms with van der Waals surface area (Å²) in [5.41, 5.74) is 1.81. The highest BCUT2D eigenvalue weighted by Gasteiger charge is 2.02. The van der Waals surface area contributed by atoms with E-state index in [0.29, 0.717) is 0 Å². The lowest BCUT2D eigenvalue weighted by Gasteiger charge is -1.96. The molecule has 0 N–H and O–H groups in total. The van der Waals surface area contributed by atoms with Crippen LogP contribution in [0.25, 0.3) is 16.6 Å². The molecule has 3 rings (SSSR count). The van der Waals surface area contributed by atoms with Gasteiger partial charge in [0.25, 0.3) is 0 Å². The molecule has 78 valence electrons. The molecule has 0 aliphatic rings. The van der Waals surface area contributed by atoms with Crippen LogP contribution in [0.1, 0.15) is 0 Å². The first-order chi connectivity index (χ1) is 7.83. The monoisotopic (exact) mass is 274 g/mol.